The zero-order valence-corrected chi connectivity index (χ0v) is 14.8. The molecule has 0 fully saturated rings. The number of ketones is 1. The highest BCUT2D eigenvalue weighted by Gasteiger charge is 2.49. The standard InChI is InChI=1S/C23H18NO3/c1-24-22(27)19(21(26)17-10-6-3-7-11-17)20(16-8-4-2-5-9-16)23(24)14-12-18(25)13-15-23/h2-15,25H,1H3/i25+2. The van der Waals surface area contributed by atoms with Gasteiger partial charge >= 0.3 is 0 Å². The maximum atomic E-state index is 13.3. The highest BCUT2D eigenvalue weighted by Crippen LogP contribution is 2.45. The van der Waals surface area contributed by atoms with Crippen molar-refractivity contribution in [2.75, 3.05) is 7.05 Å². The molecule has 1 amide bonds. The van der Waals surface area contributed by atoms with E-state index in [9.17, 15) is 14.7 Å². The van der Waals surface area contributed by atoms with Crippen LogP contribution in [0.2, 0.25) is 0 Å². The molecular formula is C23H18NO3. The minimum absolute atomic E-state index is 0.108. The lowest BCUT2D eigenvalue weighted by molar-refractivity contribution is -0.125. The number of Topliss-reactive ketones (excluding diaryl/α,β-unsaturated/α-hetero) is 1. The molecule has 4 nitrogen and oxygen atoms in total. The van der Waals surface area contributed by atoms with Gasteiger partial charge in [0, 0.05) is 18.2 Å². The summed E-state index contributed by atoms with van der Waals surface area (Å²) < 4.78 is 0. The van der Waals surface area contributed by atoms with Crippen molar-refractivity contribution >= 4 is 17.3 Å². The van der Waals surface area contributed by atoms with Gasteiger partial charge in [-0.25, -0.2) is 0 Å². The first-order valence-electron chi connectivity index (χ1n) is 8.67. The molecule has 4 rings (SSSR count). The fourth-order valence-corrected chi connectivity index (χ4v) is 3.66. The second kappa shape index (κ2) is 6.49. The number of amides is 1. The number of benzene rings is 2. The third-order valence-corrected chi connectivity index (χ3v) is 5.07. The van der Waals surface area contributed by atoms with Gasteiger partial charge in [-0.15, -0.1) is 0 Å². The first-order valence-corrected chi connectivity index (χ1v) is 8.67. The van der Waals surface area contributed by atoms with E-state index >= 15 is 0 Å². The number of hydrogen-bond acceptors (Lipinski definition) is 3. The zero-order chi connectivity index (χ0) is 19.0. The monoisotopic (exact) mass is 358 g/mol. The van der Waals surface area contributed by atoms with Crippen LogP contribution >= 0.6 is 0 Å². The van der Waals surface area contributed by atoms with E-state index in [0.29, 0.717) is 11.1 Å². The van der Waals surface area contributed by atoms with Gasteiger partial charge < -0.3 is 10.0 Å². The molecule has 1 heterocycles. The van der Waals surface area contributed by atoms with Crippen LogP contribution in [0.3, 0.4) is 0 Å². The lowest BCUT2D eigenvalue weighted by Crippen LogP contribution is -2.43. The molecule has 0 saturated heterocycles. The van der Waals surface area contributed by atoms with Gasteiger partial charge in [0.25, 0.3) is 5.91 Å². The molecule has 1 spiro atoms. The molecule has 0 bridgehead atoms. The van der Waals surface area contributed by atoms with Crippen LogP contribution in [0.15, 0.2) is 90.5 Å². The summed E-state index contributed by atoms with van der Waals surface area (Å²) >= 11 is 0. The molecule has 1 N–H and O–H groups in total. The molecule has 2 aromatic rings. The van der Waals surface area contributed by atoms with E-state index in [1.165, 1.54) is 0 Å². The first kappa shape index (κ1) is 17.2. The second-order valence-electron chi connectivity index (χ2n) is 6.59. The molecule has 1 aliphatic carbocycles. The van der Waals surface area contributed by atoms with Crippen LogP contribution in [0.4, 0.5) is 0 Å². The minimum atomic E-state index is -0.912. The van der Waals surface area contributed by atoms with Crippen LogP contribution in [0.5, 0.6) is 0 Å². The third-order valence-electron chi connectivity index (χ3n) is 5.07. The summed E-state index contributed by atoms with van der Waals surface area (Å²) in [5.41, 5.74) is 1.14. The lowest BCUT2D eigenvalue weighted by atomic mass is 9.80. The summed E-state index contributed by atoms with van der Waals surface area (Å²) in [5.74, 6) is -0.637. The van der Waals surface area contributed by atoms with Crippen LogP contribution in [0.1, 0.15) is 15.9 Å². The lowest BCUT2D eigenvalue weighted by Gasteiger charge is -2.35. The number of carbonyl (C=O) groups is 2. The van der Waals surface area contributed by atoms with E-state index in [-0.39, 0.29) is 23.4 Å². The van der Waals surface area contributed by atoms with Gasteiger partial charge in [0.2, 0.25) is 0 Å². The highest BCUT2D eigenvalue weighted by molar-refractivity contribution is 6.33. The summed E-state index contributed by atoms with van der Waals surface area (Å²) in [6.07, 6.45) is 6.74. The number of hydrogen-bond donors (Lipinski definition) is 1. The molecule has 4 heteroatoms. The van der Waals surface area contributed by atoms with E-state index in [1.807, 2.05) is 36.4 Å². The Balaban J connectivity index is 1.98. The van der Waals surface area contributed by atoms with Crippen molar-refractivity contribution < 1.29 is 14.7 Å². The molecule has 1 aliphatic heterocycles. The number of nitrogens with zero attached hydrogens (tertiary/aromatic N) is 1. The van der Waals surface area contributed by atoms with Gasteiger partial charge in [-0.1, -0.05) is 72.8 Å². The Morgan fingerprint density at radius 1 is 0.926 bits per heavy atom. The number of aliphatic hydroxyl groups excluding tert-OH is 1. The Morgan fingerprint density at radius 2 is 1.48 bits per heavy atom. The quantitative estimate of drug-likeness (QED) is 0.518. The number of rotatable bonds is 3. The van der Waals surface area contributed by atoms with Crippen molar-refractivity contribution in [3.63, 3.8) is 0 Å². The summed E-state index contributed by atoms with van der Waals surface area (Å²) in [5, 5.41) is 9.77. The van der Waals surface area contributed by atoms with Crippen LogP contribution < -0.4 is 0 Å². The van der Waals surface area contributed by atoms with E-state index in [2.05, 4.69) is 0 Å². The summed E-state index contributed by atoms with van der Waals surface area (Å²) in [7, 11) is 1.67. The molecule has 0 aromatic heterocycles. The van der Waals surface area contributed by atoms with Gasteiger partial charge in [0.1, 0.15) is 11.6 Å². The Morgan fingerprint density at radius 3 is 2.07 bits per heavy atom. The predicted octanol–water partition coefficient (Wildman–Crippen LogP) is 3.56. The molecule has 133 valence electrons. The predicted molar refractivity (Wildman–Crippen MR) is 103 cm³/mol. The number of carbonyl (C=O) groups excluding carboxylic acids is 2. The Labute approximate surface area is 157 Å². The molecule has 1 radical (unpaired) electrons. The molecule has 0 unspecified atom stereocenters. The van der Waals surface area contributed by atoms with Crippen LogP contribution in [0.25, 0.3) is 5.57 Å². The topological polar surface area (TPSA) is 57.6 Å². The van der Waals surface area contributed by atoms with Gasteiger partial charge in [0.15, 0.2) is 5.78 Å². The van der Waals surface area contributed by atoms with E-state index < -0.39 is 5.54 Å². The largest absolute Gasteiger partial charge is 0.378 e. The highest BCUT2D eigenvalue weighted by atomic mass is 18.2. The first-order chi connectivity index (χ1) is 13.0. The zero-order valence-electron chi connectivity index (χ0n) is 14.8. The molecular weight excluding hydrogens is 340 g/mol. The van der Waals surface area contributed by atoms with Crippen LogP contribution in [0, 0.1) is 6.10 Å². The Bertz CT molecular complexity index is 973. The van der Waals surface area contributed by atoms with Gasteiger partial charge in [-0.2, -0.15) is 0 Å². The van der Waals surface area contributed by atoms with Crippen molar-refractivity contribution in [3.05, 3.63) is 108 Å². The van der Waals surface area contributed by atoms with Crippen molar-refractivity contribution in [2.45, 2.75) is 5.54 Å². The molecule has 27 heavy (non-hydrogen) atoms. The maximum absolute atomic E-state index is 13.3. The summed E-state index contributed by atoms with van der Waals surface area (Å²) in [6, 6.07) is 18.2. The summed E-state index contributed by atoms with van der Waals surface area (Å²) in [4.78, 5) is 28.0. The average molecular weight is 358 g/mol. The number of likely N-dealkylation sites (N-methyl/N-ethyl adjacent to an activating group) is 1. The van der Waals surface area contributed by atoms with Crippen molar-refractivity contribution in [2.24, 2.45) is 0 Å². The van der Waals surface area contributed by atoms with Gasteiger partial charge in [-0.05, 0) is 17.7 Å². The minimum Gasteiger partial charge on any atom is -0.378 e. The number of aliphatic hydroxyl groups is 1. The van der Waals surface area contributed by atoms with Gasteiger partial charge in [-0.3, -0.25) is 9.59 Å². The molecule has 0 atom stereocenters. The fraction of sp³-hybridized carbons (Fsp3) is 0.0870. The second-order valence-corrected chi connectivity index (χ2v) is 6.59. The molecule has 0 saturated carbocycles. The van der Waals surface area contributed by atoms with Gasteiger partial charge in [0.05, 0.1) is 5.57 Å². The SMILES string of the molecule is CN1C(=O)C(C(=O)c2ccccc2)=C(c2ccccc2)C12C=C[C]([18OH])C=C2. The van der Waals surface area contributed by atoms with Crippen molar-refractivity contribution in [3.8, 4) is 0 Å². The molecule has 2 aromatic carbocycles. The smallest absolute Gasteiger partial charge is 0.259 e. The Hall–Kier alpha value is -3.24. The van der Waals surface area contributed by atoms with E-state index in [1.54, 1.807) is 60.5 Å². The Kier molecular flexibility index (Phi) is 4.13. The van der Waals surface area contributed by atoms with Crippen molar-refractivity contribution in [1.29, 1.82) is 0 Å². The summed E-state index contributed by atoms with van der Waals surface area (Å²) in [6.45, 7) is 0. The van der Waals surface area contributed by atoms with E-state index in [0.717, 1.165) is 5.56 Å². The van der Waals surface area contributed by atoms with Crippen LogP contribution in [-0.2, 0) is 4.79 Å². The van der Waals surface area contributed by atoms with E-state index in [4.69, 9.17) is 0 Å². The fourth-order valence-electron chi connectivity index (χ4n) is 3.66. The normalized spacial score (nSPS) is 18.6. The third kappa shape index (κ3) is 2.66. The van der Waals surface area contributed by atoms with Crippen molar-refractivity contribution in [1.82, 2.24) is 4.90 Å². The van der Waals surface area contributed by atoms with Crippen LogP contribution in [-0.4, -0.2) is 34.3 Å². The maximum Gasteiger partial charge on any atom is 0.259 e. The average Bonchev–Trinajstić information content (AvgIpc) is 2.93. The molecule has 2 aliphatic rings.